The minimum absolute atomic E-state index is 0.108. The number of thioether (sulfide) groups is 2. The van der Waals surface area contributed by atoms with Crippen LogP contribution in [0.3, 0.4) is 0 Å². The molecular weight excluding hydrogens is 380 g/mol. The Bertz CT molecular complexity index is 965. The highest BCUT2D eigenvalue weighted by Gasteiger charge is 2.22. The van der Waals surface area contributed by atoms with Crippen LogP contribution in [0, 0.1) is 0 Å². The summed E-state index contributed by atoms with van der Waals surface area (Å²) in [4.78, 5) is 20.9. The Labute approximate surface area is 165 Å². The van der Waals surface area contributed by atoms with Gasteiger partial charge in [0.15, 0.2) is 5.13 Å². The Morgan fingerprint density at radius 1 is 1.19 bits per heavy atom. The van der Waals surface area contributed by atoms with E-state index in [2.05, 4.69) is 31.3 Å². The molecule has 0 spiro atoms. The predicted molar refractivity (Wildman–Crippen MR) is 112 cm³/mol. The maximum Gasteiger partial charge on any atom is 0.257 e. The standard InChI is InChI=1S/C20H18N2OS3/c1-12(2)25-14-7-5-6-13(10-14)19(23)22-20-21-18-15-8-3-4-9-16(15)24-11-17(18)26-20/h3-10,12H,11H2,1-2H3,(H,21,22,23). The molecule has 1 aromatic heterocycles. The Kier molecular flexibility index (Phi) is 5.07. The lowest BCUT2D eigenvalue weighted by Gasteiger charge is -2.13. The van der Waals surface area contributed by atoms with Gasteiger partial charge >= 0.3 is 0 Å². The lowest BCUT2D eigenvalue weighted by Crippen LogP contribution is -2.11. The molecule has 1 N–H and O–H groups in total. The molecule has 26 heavy (non-hydrogen) atoms. The fraction of sp³-hybridized carbons (Fsp3) is 0.200. The summed E-state index contributed by atoms with van der Waals surface area (Å²) in [7, 11) is 0. The largest absolute Gasteiger partial charge is 0.298 e. The second-order valence-corrected chi connectivity index (χ2v) is 9.97. The number of carbonyl (C=O) groups excluding carboxylic acids is 1. The third kappa shape index (κ3) is 3.68. The third-order valence-electron chi connectivity index (χ3n) is 3.89. The van der Waals surface area contributed by atoms with Crippen LogP contribution in [-0.2, 0) is 5.75 Å². The van der Waals surface area contributed by atoms with Crippen LogP contribution in [-0.4, -0.2) is 16.1 Å². The number of carbonyl (C=O) groups is 1. The first-order chi connectivity index (χ1) is 12.6. The number of fused-ring (bicyclic) bond motifs is 3. The van der Waals surface area contributed by atoms with Gasteiger partial charge in [0, 0.05) is 36.8 Å². The van der Waals surface area contributed by atoms with E-state index in [0.29, 0.717) is 15.9 Å². The van der Waals surface area contributed by atoms with Gasteiger partial charge in [-0.1, -0.05) is 38.1 Å². The Hall–Kier alpha value is -1.76. The molecule has 2 heterocycles. The van der Waals surface area contributed by atoms with E-state index in [1.807, 2.05) is 48.2 Å². The number of thiazole rings is 1. The van der Waals surface area contributed by atoms with Crippen molar-refractivity contribution in [3.05, 3.63) is 59.0 Å². The number of amides is 1. The molecule has 132 valence electrons. The topological polar surface area (TPSA) is 42.0 Å². The molecule has 0 saturated heterocycles. The van der Waals surface area contributed by atoms with Crippen molar-refractivity contribution in [3.63, 3.8) is 0 Å². The molecule has 3 aromatic rings. The molecule has 0 aliphatic carbocycles. The Morgan fingerprint density at radius 2 is 2.04 bits per heavy atom. The summed E-state index contributed by atoms with van der Waals surface area (Å²) in [6, 6.07) is 16.1. The molecule has 0 saturated carbocycles. The van der Waals surface area contributed by atoms with Crippen LogP contribution in [0.15, 0.2) is 58.3 Å². The van der Waals surface area contributed by atoms with Crippen molar-refractivity contribution >= 4 is 45.9 Å². The zero-order chi connectivity index (χ0) is 18.1. The van der Waals surface area contributed by atoms with E-state index >= 15 is 0 Å². The van der Waals surface area contributed by atoms with Crippen molar-refractivity contribution in [2.75, 3.05) is 5.32 Å². The first kappa shape index (κ1) is 17.6. The number of anilines is 1. The predicted octanol–water partition coefficient (Wildman–Crippen LogP) is 6.17. The molecule has 0 unspecified atom stereocenters. The average molecular weight is 399 g/mol. The van der Waals surface area contributed by atoms with E-state index in [1.165, 1.54) is 9.77 Å². The van der Waals surface area contributed by atoms with Crippen LogP contribution in [0.1, 0.15) is 29.1 Å². The van der Waals surface area contributed by atoms with Gasteiger partial charge in [0.1, 0.15) is 0 Å². The van der Waals surface area contributed by atoms with E-state index in [0.717, 1.165) is 21.9 Å². The fourth-order valence-electron chi connectivity index (χ4n) is 2.80. The lowest BCUT2D eigenvalue weighted by atomic mass is 10.1. The number of nitrogens with zero attached hydrogens (tertiary/aromatic N) is 1. The summed E-state index contributed by atoms with van der Waals surface area (Å²) in [6.45, 7) is 4.29. The highest BCUT2D eigenvalue weighted by Crippen LogP contribution is 2.44. The van der Waals surface area contributed by atoms with Gasteiger partial charge in [-0.05, 0) is 24.3 Å². The third-order valence-corrected chi connectivity index (χ3v) is 7.14. The van der Waals surface area contributed by atoms with Gasteiger partial charge in [0.25, 0.3) is 5.91 Å². The van der Waals surface area contributed by atoms with Crippen molar-refractivity contribution in [3.8, 4) is 11.3 Å². The van der Waals surface area contributed by atoms with E-state index in [9.17, 15) is 4.79 Å². The first-order valence-corrected chi connectivity index (χ1v) is 11.1. The van der Waals surface area contributed by atoms with Gasteiger partial charge in [0.05, 0.1) is 5.69 Å². The molecule has 0 fully saturated rings. The highest BCUT2D eigenvalue weighted by molar-refractivity contribution is 8.00. The van der Waals surface area contributed by atoms with Crippen molar-refractivity contribution in [2.45, 2.75) is 34.6 Å². The van der Waals surface area contributed by atoms with Crippen molar-refractivity contribution in [1.82, 2.24) is 4.98 Å². The second kappa shape index (κ2) is 7.47. The smallest absolute Gasteiger partial charge is 0.257 e. The molecule has 1 aliphatic heterocycles. The summed E-state index contributed by atoms with van der Waals surface area (Å²) < 4.78 is 0. The average Bonchev–Trinajstić information content (AvgIpc) is 3.04. The number of rotatable bonds is 4. The molecule has 0 bridgehead atoms. The number of nitrogens with one attached hydrogen (secondary N) is 1. The van der Waals surface area contributed by atoms with E-state index < -0.39 is 0 Å². The molecule has 6 heteroatoms. The van der Waals surface area contributed by atoms with E-state index in [-0.39, 0.29) is 5.91 Å². The minimum atomic E-state index is -0.108. The highest BCUT2D eigenvalue weighted by atomic mass is 32.2. The second-order valence-electron chi connectivity index (χ2n) is 6.22. The van der Waals surface area contributed by atoms with Gasteiger partial charge in [-0.15, -0.1) is 34.9 Å². The summed E-state index contributed by atoms with van der Waals surface area (Å²) in [5.74, 6) is 0.795. The van der Waals surface area contributed by atoms with Crippen molar-refractivity contribution in [1.29, 1.82) is 0 Å². The maximum absolute atomic E-state index is 12.7. The first-order valence-electron chi connectivity index (χ1n) is 8.40. The van der Waals surface area contributed by atoms with Crippen LogP contribution in [0.4, 0.5) is 5.13 Å². The van der Waals surface area contributed by atoms with Crippen LogP contribution in [0.5, 0.6) is 0 Å². The van der Waals surface area contributed by atoms with Crippen molar-refractivity contribution < 1.29 is 4.79 Å². The van der Waals surface area contributed by atoms with Gasteiger partial charge in [0.2, 0.25) is 0 Å². The zero-order valence-electron chi connectivity index (χ0n) is 14.5. The quantitative estimate of drug-likeness (QED) is 0.534. The molecule has 0 radical (unpaired) electrons. The van der Waals surface area contributed by atoms with E-state index in [1.54, 1.807) is 23.1 Å². The number of hydrogen-bond acceptors (Lipinski definition) is 5. The van der Waals surface area contributed by atoms with Gasteiger partial charge < -0.3 is 0 Å². The van der Waals surface area contributed by atoms with E-state index in [4.69, 9.17) is 4.98 Å². The molecular formula is C20H18N2OS3. The van der Waals surface area contributed by atoms with Crippen LogP contribution in [0.25, 0.3) is 11.3 Å². The Morgan fingerprint density at radius 3 is 2.88 bits per heavy atom. The van der Waals surface area contributed by atoms with Gasteiger partial charge in [-0.25, -0.2) is 4.98 Å². The summed E-state index contributed by atoms with van der Waals surface area (Å²) in [5, 5.41) is 4.13. The zero-order valence-corrected chi connectivity index (χ0v) is 16.9. The lowest BCUT2D eigenvalue weighted by molar-refractivity contribution is 0.102. The summed E-state index contributed by atoms with van der Waals surface area (Å²) in [5.41, 5.74) is 2.83. The molecule has 0 atom stereocenters. The molecule has 1 amide bonds. The minimum Gasteiger partial charge on any atom is -0.298 e. The maximum atomic E-state index is 12.7. The van der Waals surface area contributed by atoms with Crippen molar-refractivity contribution in [2.24, 2.45) is 0 Å². The Balaban J connectivity index is 1.56. The molecule has 1 aliphatic rings. The SMILES string of the molecule is CC(C)Sc1cccc(C(=O)Nc2nc3c(s2)CSc2ccccc2-3)c1. The summed E-state index contributed by atoms with van der Waals surface area (Å²) >= 11 is 5.15. The number of benzene rings is 2. The molecule has 4 rings (SSSR count). The molecule has 3 nitrogen and oxygen atoms in total. The number of hydrogen-bond donors (Lipinski definition) is 1. The van der Waals surface area contributed by atoms with Gasteiger partial charge in [-0.2, -0.15) is 0 Å². The van der Waals surface area contributed by atoms with Crippen LogP contribution < -0.4 is 5.32 Å². The number of aromatic nitrogens is 1. The summed E-state index contributed by atoms with van der Waals surface area (Å²) in [6.07, 6.45) is 0. The van der Waals surface area contributed by atoms with Crippen LogP contribution >= 0.6 is 34.9 Å². The normalized spacial score (nSPS) is 12.6. The molecule has 2 aromatic carbocycles. The van der Waals surface area contributed by atoms with Gasteiger partial charge in [-0.3, -0.25) is 10.1 Å². The fourth-order valence-corrected chi connectivity index (χ4v) is 5.79. The monoisotopic (exact) mass is 398 g/mol. The van der Waals surface area contributed by atoms with Crippen LogP contribution in [0.2, 0.25) is 0 Å².